The predicted octanol–water partition coefficient (Wildman–Crippen LogP) is 1.40. The lowest BCUT2D eigenvalue weighted by molar-refractivity contribution is 0.562. The van der Waals surface area contributed by atoms with Gasteiger partial charge in [-0.05, 0) is 25.7 Å². The molecule has 1 aliphatic heterocycles. The maximum atomic E-state index is 11.5. The second kappa shape index (κ2) is 4.20. The molecule has 1 unspecified atom stereocenters. The molecule has 0 spiro atoms. The van der Waals surface area contributed by atoms with E-state index in [2.05, 4.69) is 14.7 Å². The zero-order valence-corrected chi connectivity index (χ0v) is 11.1. The Morgan fingerprint density at radius 1 is 1.29 bits per heavy atom. The van der Waals surface area contributed by atoms with Crippen LogP contribution in [0.2, 0.25) is 0 Å². The molecule has 0 bridgehead atoms. The summed E-state index contributed by atoms with van der Waals surface area (Å²) in [4.78, 5) is 4.42. The van der Waals surface area contributed by atoms with Crippen molar-refractivity contribution in [3.8, 4) is 0 Å². The predicted molar refractivity (Wildman–Crippen MR) is 67.2 cm³/mol. The van der Waals surface area contributed by atoms with Crippen LogP contribution in [0.5, 0.6) is 0 Å². The van der Waals surface area contributed by atoms with E-state index in [1.807, 2.05) is 0 Å². The van der Waals surface area contributed by atoms with Gasteiger partial charge < -0.3 is 5.32 Å². The van der Waals surface area contributed by atoms with Gasteiger partial charge >= 0.3 is 0 Å². The summed E-state index contributed by atoms with van der Waals surface area (Å²) < 4.78 is 27.3. The van der Waals surface area contributed by atoms with Gasteiger partial charge in [0.25, 0.3) is 0 Å². The van der Waals surface area contributed by atoms with Crippen LogP contribution >= 0.6 is 11.5 Å². The monoisotopic (exact) mass is 273 g/mol. The van der Waals surface area contributed by atoms with Crippen molar-refractivity contribution in [3.05, 3.63) is 5.82 Å². The van der Waals surface area contributed by atoms with E-state index in [0.29, 0.717) is 11.7 Å². The summed E-state index contributed by atoms with van der Waals surface area (Å²) >= 11 is 1.34. The molecule has 2 fully saturated rings. The number of hydrogen-bond acceptors (Lipinski definition) is 6. The average molecular weight is 273 g/mol. The Balaban J connectivity index is 1.65. The molecule has 1 aliphatic carbocycles. The minimum Gasteiger partial charge on any atom is -0.357 e. The van der Waals surface area contributed by atoms with E-state index < -0.39 is 9.84 Å². The highest BCUT2D eigenvalue weighted by atomic mass is 32.2. The maximum absolute atomic E-state index is 11.5. The Morgan fingerprint density at radius 3 is 2.82 bits per heavy atom. The SMILES string of the molecule is O=S1(=O)CCCC(Nc2nc(C3CC3)ns2)C1. The van der Waals surface area contributed by atoms with Crippen molar-refractivity contribution in [3.63, 3.8) is 0 Å². The molecule has 94 valence electrons. The van der Waals surface area contributed by atoms with Gasteiger partial charge in [0.05, 0.1) is 11.5 Å². The molecule has 1 N–H and O–H groups in total. The third kappa shape index (κ3) is 2.77. The highest BCUT2D eigenvalue weighted by Gasteiger charge is 2.29. The summed E-state index contributed by atoms with van der Waals surface area (Å²) in [5.41, 5.74) is 0. The van der Waals surface area contributed by atoms with Crippen LogP contribution in [0.25, 0.3) is 0 Å². The van der Waals surface area contributed by atoms with Gasteiger partial charge in [0.1, 0.15) is 5.82 Å². The molecule has 1 saturated carbocycles. The molecule has 2 aliphatic rings. The van der Waals surface area contributed by atoms with E-state index in [-0.39, 0.29) is 11.8 Å². The van der Waals surface area contributed by atoms with Gasteiger partial charge in [0.2, 0.25) is 5.13 Å². The lowest BCUT2D eigenvalue weighted by Crippen LogP contribution is -2.34. The van der Waals surface area contributed by atoms with Crippen LogP contribution in [0.4, 0.5) is 5.13 Å². The molecule has 17 heavy (non-hydrogen) atoms. The summed E-state index contributed by atoms with van der Waals surface area (Å²) in [6, 6.07) is 0.00810. The molecule has 0 amide bonds. The fourth-order valence-corrected chi connectivity index (χ4v) is 4.47. The second-order valence-corrected chi connectivity index (χ2v) is 7.81. The quantitative estimate of drug-likeness (QED) is 0.901. The Labute approximate surface area is 105 Å². The molecule has 1 atom stereocenters. The highest BCUT2D eigenvalue weighted by molar-refractivity contribution is 7.91. The first-order valence-electron chi connectivity index (χ1n) is 5.93. The van der Waals surface area contributed by atoms with Gasteiger partial charge in [-0.3, -0.25) is 0 Å². The Bertz CT molecular complexity index is 507. The third-order valence-electron chi connectivity index (χ3n) is 3.17. The van der Waals surface area contributed by atoms with Crippen LogP contribution in [0, 0.1) is 0 Å². The van der Waals surface area contributed by atoms with E-state index in [1.54, 1.807) is 0 Å². The molecule has 0 radical (unpaired) electrons. The molecule has 5 nitrogen and oxygen atoms in total. The van der Waals surface area contributed by atoms with Crippen molar-refractivity contribution < 1.29 is 8.42 Å². The summed E-state index contributed by atoms with van der Waals surface area (Å²) in [6.45, 7) is 0. The van der Waals surface area contributed by atoms with E-state index >= 15 is 0 Å². The highest BCUT2D eigenvalue weighted by Crippen LogP contribution is 2.39. The number of anilines is 1. The van der Waals surface area contributed by atoms with Crippen LogP contribution < -0.4 is 5.32 Å². The number of nitrogens with zero attached hydrogens (tertiary/aromatic N) is 2. The second-order valence-electron chi connectivity index (χ2n) is 4.83. The Hall–Kier alpha value is -0.690. The van der Waals surface area contributed by atoms with Gasteiger partial charge in [-0.25, -0.2) is 13.4 Å². The number of rotatable bonds is 3. The van der Waals surface area contributed by atoms with E-state index in [9.17, 15) is 8.42 Å². The van der Waals surface area contributed by atoms with E-state index in [0.717, 1.165) is 23.8 Å². The number of sulfone groups is 1. The number of nitrogens with one attached hydrogen (secondary N) is 1. The maximum Gasteiger partial charge on any atom is 0.202 e. The van der Waals surface area contributed by atoms with Crippen molar-refractivity contribution in [2.45, 2.75) is 37.6 Å². The summed E-state index contributed by atoms with van der Waals surface area (Å²) in [5, 5.41) is 3.98. The van der Waals surface area contributed by atoms with Gasteiger partial charge in [0, 0.05) is 23.5 Å². The van der Waals surface area contributed by atoms with Crippen molar-refractivity contribution in [1.82, 2.24) is 9.36 Å². The number of aromatic nitrogens is 2. The van der Waals surface area contributed by atoms with Gasteiger partial charge in [0.15, 0.2) is 9.84 Å². The fourth-order valence-electron chi connectivity index (χ4n) is 2.11. The fraction of sp³-hybridized carbons (Fsp3) is 0.800. The van der Waals surface area contributed by atoms with Crippen LogP contribution in [0.1, 0.15) is 37.4 Å². The zero-order chi connectivity index (χ0) is 11.9. The van der Waals surface area contributed by atoms with Gasteiger partial charge in [-0.1, -0.05) is 0 Å². The van der Waals surface area contributed by atoms with Gasteiger partial charge in [-0.2, -0.15) is 4.37 Å². The van der Waals surface area contributed by atoms with Crippen molar-refractivity contribution in [1.29, 1.82) is 0 Å². The van der Waals surface area contributed by atoms with Crippen LogP contribution in [0.15, 0.2) is 0 Å². The molecule has 3 rings (SSSR count). The molecule has 7 heteroatoms. The minimum atomic E-state index is -2.86. The first-order chi connectivity index (χ1) is 8.12. The first-order valence-corrected chi connectivity index (χ1v) is 8.52. The molecule has 1 aromatic heterocycles. The molecule has 1 aromatic rings. The molecular formula is C10H15N3O2S2. The average Bonchev–Trinajstić information content (AvgIpc) is 2.99. The Morgan fingerprint density at radius 2 is 2.12 bits per heavy atom. The lowest BCUT2D eigenvalue weighted by Gasteiger charge is -2.22. The summed E-state index contributed by atoms with van der Waals surface area (Å²) in [6.07, 6.45) is 4.02. The largest absolute Gasteiger partial charge is 0.357 e. The standard InChI is InChI=1S/C10H15N3O2S2/c14-17(15)5-1-2-8(6-17)11-10-12-9(13-16-10)7-3-4-7/h7-8H,1-6H2,(H,11,12,13). The molecule has 0 aromatic carbocycles. The normalized spacial score (nSPS) is 27.9. The molecule has 1 saturated heterocycles. The third-order valence-corrected chi connectivity index (χ3v) is 5.66. The smallest absolute Gasteiger partial charge is 0.202 e. The Kier molecular flexibility index (Phi) is 2.82. The van der Waals surface area contributed by atoms with E-state index in [1.165, 1.54) is 24.4 Å². The zero-order valence-electron chi connectivity index (χ0n) is 9.42. The number of hydrogen-bond donors (Lipinski definition) is 1. The van der Waals surface area contributed by atoms with E-state index in [4.69, 9.17) is 0 Å². The summed E-state index contributed by atoms with van der Waals surface area (Å²) in [7, 11) is -2.86. The van der Waals surface area contributed by atoms with Crippen LogP contribution in [-0.2, 0) is 9.84 Å². The first kappa shape index (κ1) is 11.4. The molecular weight excluding hydrogens is 258 g/mol. The summed E-state index contributed by atoms with van der Waals surface area (Å²) in [5.74, 6) is 2.04. The van der Waals surface area contributed by atoms with Crippen molar-refractivity contribution in [2.75, 3.05) is 16.8 Å². The van der Waals surface area contributed by atoms with Crippen LogP contribution in [0.3, 0.4) is 0 Å². The topological polar surface area (TPSA) is 72.0 Å². The van der Waals surface area contributed by atoms with Crippen molar-refractivity contribution >= 4 is 26.5 Å². The molecule has 2 heterocycles. The lowest BCUT2D eigenvalue weighted by atomic mass is 10.2. The van der Waals surface area contributed by atoms with Crippen LogP contribution in [-0.4, -0.2) is 35.3 Å². The van der Waals surface area contributed by atoms with Gasteiger partial charge in [-0.15, -0.1) is 0 Å². The minimum absolute atomic E-state index is 0.00810. The van der Waals surface area contributed by atoms with Crippen molar-refractivity contribution in [2.24, 2.45) is 0 Å².